The molecule has 0 aliphatic heterocycles. The highest BCUT2D eigenvalue weighted by Gasteiger charge is 2.05. The Bertz CT molecular complexity index is 333. The number of hydrogen-bond donors (Lipinski definition) is 1. The lowest BCUT2D eigenvalue weighted by atomic mass is 10.1. The normalized spacial score (nSPS) is 12.5. The molecule has 0 aromatic heterocycles. The number of hydrogen-bond acceptors (Lipinski definition) is 1. The molecule has 0 heterocycles. The second-order valence-electron chi connectivity index (χ2n) is 3.76. The molecule has 2 heteroatoms. The largest absolute Gasteiger partial charge is 0.306 e. The highest BCUT2D eigenvalue weighted by molar-refractivity contribution is 5.19. The monoisotopic (exact) mass is 207 g/mol. The van der Waals surface area contributed by atoms with E-state index in [9.17, 15) is 4.39 Å². The Morgan fingerprint density at radius 3 is 2.87 bits per heavy atom. The van der Waals surface area contributed by atoms with Gasteiger partial charge in [-0.25, -0.2) is 4.39 Å². The summed E-state index contributed by atoms with van der Waals surface area (Å²) >= 11 is 0. The quantitative estimate of drug-likeness (QED) is 0.729. The summed E-state index contributed by atoms with van der Waals surface area (Å²) in [5.41, 5.74) is 2.14. The summed E-state index contributed by atoms with van der Waals surface area (Å²) in [6.07, 6.45) is 0.975. The van der Waals surface area contributed by atoms with Crippen molar-refractivity contribution in [1.29, 1.82) is 0 Å². The van der Waals surface area contributed by atoms with Gasteiger partial charge in [0.2, 0.25) is 0 Å². The smallest absolute Gasteiger partial charge is 0.123 e. The van der Waals surface area contributed by atoms with Crippen LogP contribution in [0.1, 0.15) is 31.9 Å². The van der Waals surface area contributed by atoms with Gasteiger partial charge < -0.3 is 5.32 Å². The third kappa shape index (κ3) is 3.84. The molecule has 1 rings (SSSR count). The molecule has 0 amide bonds. The van der Waals surface area contributed by atoms with Gasteiger partial charge in [-0.1, -0.05) is 31.2 Å². The second-order valence-corrected chi connectivity index (χ2v) is 3.76. The van der Waals surface area contributed by atoms with Crippen LogP contribution in [0.3, 0.4) is 0 Å². The van der Waals surface area contributed by atoms with Gasteiger partial charge in [-0.05, 0) is 31.0 Å². The van der Waals surface area contributed by atoms with Crippen LogP contribution in [0.4, 0.5) is 4.39 Å². The van der Waals surface area contributed by atoms with E-state index in [1.807, 2.05) is 13.0 Å². The first-order chi connectivity index (χ1) is 7.13. The molecule has 0 fully saturated rings. The van der Waals surface area contributed by atoms with Gasteiger partial charge in [0.25, 0.3) is 0 Å². The standard InChI is InChI=1S/C13H18FN/c1-4-10(2)9-15-11(3)12-6-5-7-13(14)8-12/h5-8,11,15H,2,4,9H2,1,3H3. The van der Waals surface area contributed by atoms with E-state index in [0.29, 0.717) is 0 Å². The molecule has 0 saturated heterocycles. The maximum Gasteiger partial charge on any atom is 0.123 e. The summed E-state index contributed by atoms with van der Waals surface area (Å²) < 4.78 is 12.9. The minimum absolute atomic E-state index is 0.156. The SMILES string of the molecule is C=C(CC)CNC(C)c1cccc(F)c1. The van der Waals surface area contributed by atoms with Gasteiger partial charge in [0.15, 0.2) is 0 Å². The average molecular weight is 207 g/mol. The van der Waals surface area contributed by atoms with Gasteiger partial charge in [0.05, 0.1) is 0 Å². The molecule has 15 heavy (non-hydrogen) atoms. The minimum Gasteiger partial charge on any atom is -0.306 e. The molecular formula is C13H18FN. The van der Waals surface area contributed by atoms with Crippen LogP contribution in [0.25, 0.3) is 0 Å². The van der Waals surface area contributed by atoms with E-state index in [0.717, 1.165) is 18.5 Å². The van der Waals surface area contributed by atoms with Crippen molar-refractivity contribution in [3.8, 4) is 0 Å². The first kappa shape index (κ1) is 11.9. The van der Waals surface area contributed by atoms with E-state index < -0.39 is 0 Å². The van der Waals surface area contributed by atoms with Gasteiger partial charge in [0.1, 0.15) is 5.82 Å². The molecule has 82 valence electrons. The van der Waals surface area contributed by atoms with E-state index in [4.69, 9.17) is 0 Å². The van der Waals surface area contributed by atoms with Crippen LogP contribution < -0.4 is 5.32 Å². The Labute approximate surface area is 91.0 Å². The first-order valence-corrected chi connectivity index (χ1v) is 5.29. The van der Waals surface area contributed by atoms with Gasteiger partial charge in [0, 0.05) is 12.6 Å². The molecule has 0 radical (unpaired) electrons. The van der Waals surface area contributed by atoms with Gasteiger partial charge in [-0.15, -0.1) is 0 Å². The number of halogens is 1. The summed E-state index contributed by atoms with van der Waals surface area (Å²) in [4.78, 5) is 0. The molecule has 0 aliphatic carbocycles. The molecule has 1 N–H and O–H groups in total. The predicted molar refractivity (Wildman–Crippen MR) is 62.2 cm³/mol. The van der Waals surface area contributed by atoms with E-state index in [1.165, 1.54) is 11.6 Å². The maximum atomic E-state index is 12.9. The predicted octanol–water partition coefficient (Wildman–Crippen LogP) is 3.44. The zero-order valence-electron chi connectivity index (χ0n) is 9.39. The molecule has 1 nitrogen and oxygen atoms in total. The minimum atomic E-state index is -0.185. The van der Waals surface area contributed by atoms with Crippen LogP contribution in [0, 0.1) is 5.82 Å². The highest BCUT2D eigenvalue weighted by atomic mass is 19.1. The van der Waals surface area contributed by atoms with Crippen molar-refractivity contribution in [3.63, 3.8) is 0 Å². The Kier molecular flexibility index (Phi) is 4.50. The average Bonchev–Trinajstić information content (AvgIpc) is 2.25. The summed E-state index contributed by atoms with van der Waals surface area (Å²) in [5.74, 6) is -0.185. The Balaban J connectivity index is 2.53. The summed E-state index contributed by atoms with van der Waals surface area (Å²) in [6, 6.07) is 6.84. The summed E-state index contributed by atoms with van der Waals surface area (Å²) in [6.45, 7) is 8.81. The lowest BCUT2D eigenvalue weighted by molar-refractivity contribution is 0.586. The molecule has 1 unspecified atom stereocenters. The van der Waals surface area contributed by atoms with Crippen molar-refractivity contribution >= 4 is 0 Å². The number of benzene rings is 1. The van der Waals surface area contributed by atoms with Crippen molar-refractivity contribution in [1.82, 2.24) is 5.32 Å². The van der Waals surface area contributed by atoms with E-state index in [-0.39, 0.29) is 11.9 Å². The van der Waals surface area contributed by atoms with E-state index in [1.54, 1.807) is 12.1 Å². The van der Waals surface area contributed by atoms with E-state index >= 15 is 0 Å². The van der Waals surface area contributed by atoms with E-state index in [2.05, 4.69) is 18.8 Å². The fourth-order valence-electron chi connectivity index (χ4n) is 1.32. The summed E-state index contributed by atoms with van der Waals surface area (Å²) in [7, 11) is 0. The Hall–Kier alpha value is -1.15. The molecule has 0 saturated carbocycles. The molecule has 1 atom stereocenters. The van der Waals surface area contributed by atoms with Gasteiger partial charge in [-0.3, -0.25) is 0 Å². The Morgan fingerprint density at radius 2 is 2.27 bits per heavy atom. The third-order valence-electron chi connectivity index (χ3n) is 2.51. The van der Waals surface area contributed by atoms with Crippen molar-refractivity contribution < 1.29 is 4.39 Å². The van der Waals surface area contributed by atoms with Crippen LogP contribution >= 0.6 is 0 Å². The van der Waals surface area contributed by atoms with Crippen molar-refractivity contribution in [2.45, 2.75) is 26.3 Å². The number of rotatable bonds is 5. The zero-order valence-corrected chi connectivity index (χ0v) is 9.39. The molecule has 0 bridgehead atoms. The van der Waals surface area contributed by atoms with Crippen molar-refractivity contribution in [3.05, 3.63) is 47.8 Å². The molecule has 0 aliphatic rings. The highest BCUT2D eigenvalue weighted by Crippen LogP contribution is 2.13. The fourth-order valence-corrected chi connectivity index (χ4v) is 1.32. The maximum absolute atomic E-state index is 12.9. The van der Waals surface area contributed by atoms with Gasteiger partial charge in [-0.2, -0.15) is 0 Å². The topological polar surface area (TPSA) is 12.0 Å². The lowest BCUT2D eigenvalue weighted by Gasteiger charge is -2.14. The molecule has 1 aromatic rings. The molecular weight excluding hydrogens is 189 g/mol. The first-order valence-electron chi connectivity index (χ1n) is 5.29. The second kappa shape index (κ2) is 5.66. The van der Waals surface area contributed by atoms with Crippen molar-refractivity contribution in [2.24, 2.45) is 0 Å². The van der Waals surface area contributed by atoms with Crippen LogP contribution in [-0.4, -0.2) is 6.54 Å². The van der Waals surface area contributed by atoms with Crippen LogP contribution in [0.15, 0.2) is 36.4 Å². The fraction of sp³-hybridized carbons (Fsp3) is 0.385. The summed E-state index contributed by atoms with van der Waals surface area (Å²) in [5, 5.41) is 3.31. The lowest BCUT2D eigenvalue weighted by Crippen LogP contribution is -2.20. The zero-order chi connectivity index (χ0) is 11.3. The van der Waals surface area contributed by atoms with Crippen LogP contribution in [0.2, 0.25) is 0 Å². The third-order valence-corrected chi connectivity index (χ3v) is 2.51. The molecule has 0 spiro atoms. The van der Waals surface area contributed by atoms with Crippen LogP contribution in [-0.2, 0) is 0 Å². The van der Waals surface area contributed by atoms with Crippen molar-refractivity contribution in [2.75, 3.05) is 6.54 Å². The molecule has 1 aromatic carbocycles. The Morgan fingerprint density at radius 1 is 1.53 bits per heavy atom. The van der Waals surface area contributed by atoms with Gasteiger partial charge >= 0.3 is 0 Å². The number of nitrogens with one attached hydrogen (secondary N) is 1. The van der Waals surface area contributed by atoms with Crippen LogP contribution in [0.5, 0.6) is 0 Å².